The maximum absolute atomic E-state index is 6.24. The molecule has 2 unspecified atom stereocenters. The Morgan fingerprint density at radius 1 is 1.21 bits per heavy atom. The number of hydrogen-bond acceptors (Lipinski definition) is 3. The van der Waals surface area contributed by atoms with Gasteiger partial charge in [0, 0.05) is 17.6 Å². The number of nitrogens with two attached hydrogens (primary N) is 1. The lowest BCUT2D eigenvalue weighted by Gasteiger charge is -2.34. The molecule has 0 bridgehead atoms. The van der Waals surface area contributed by atoms with Crippen LogP contribution in [-0.4, -0.2) is 30.7 Å². The highest BCUT2D eigenvalue weighted by molar-refractivity contribution is 4.93. The van der Waals surface area contributed by atoms with Gasteiger partial charge in [0.15, 0.2) is 0 Å². The van der Waals surface area contributed by atoms with Crippen LogP contribution in [0.25, 0.3) is 0 Å². The number of hydrogen-bond donors (Lipinski definition) is 3. The third-order valence-corrected chi connectivity index (χ3v) is 2.80. The highest BCUT2D eigenvalue weighted by atomic mass is 15.0. The fourth-order valence-electron chi connectivity index (χ4n) is 2.26. The summed E-state index contributed by atoms with van der Waals surface area (Å²) in [6.07, 6.45) is 1.000. The van der Waals surface area contributed by atoms with Crippen molar-refractivity contribution >= 4 is 0 Å². The summed E-state index contributed by atoms with van der Waals surface area (Å²) < 4.78 is 0. The zero-order valence-electron chi connectivity index (χ0n) is 9.98. The van der Waals surface area contributed by atoms with E-state index in [0.29, 0.717) is 5.92 Å². The molecule has 4 N–H and O–H groups in total. The summed E-state index contributed by atoms with van der Waals surface area (Å²) in [5.74, 6) is 0.670. The van der Waals surface area contributed by atoms with Crippen molar-refractivity contribution in [2.24, 2.45) is 11.7 Å². The highest BCUT2D eigenvalue weighted by Crippen LogP contribution is 2.19. The maximum Gasteiger partial charge on any atom is 0.0269 e. The fourth-order valence-corrected chi connectivity index (χ4v) is 2.26. The molecule has 0 amide bonds. The molecule has 1 fully saturated rings. The van der Waals surface area contributed by atoms with E-state index in [0.717, 1.165) is 26.1 Å². The molecule has 1 saturated heterocycles. The van der Waals surface area contributed by atoms with Crippen LogP contribution >= 0.6 is 0 Å². The molecule has 1 heterocycles. The van der Waals surface area contributed by atoms with E-state index in [9.17, 15) is 0 Å². The Morgan fingerprint density at radius 3 is 2.50 bits per heavy atom. The third kappa shape index (κ3) is 3.95. The van der Waals surface area contributed by atoms with Crippen molar-refractivity contribution in [3.05, 3.63) is 0 Å². The van der Waals surface area contributed by atoms with E-state index in [-0.39, 0.29) is 11.1 Å². The lowest BCUT2D eigenvalue weighted by atomic mass is 9.86. The van der Waals surface area contributed by atoms with E-state index < -0.39 is 0 Å². The smallest absolute Gasteiger partial charge is 0.0269 e. The Morgan fingerprint density at radius 2 is 1.86 bits per heavy atom. The summed E-state index contributed by atoms with van der Waals surface area (Å²) in [6.45, 7) is 11.9. The molecule has 3 heteroatoms. The molecular formula is C11H25N3. The molecule has 0 saturated carbocycles. The van der Waals surface area contributed by atoms with Gasteiger partial charge in [0.05, 0.1) is 0 Å². The van der Waals surface area contributed by atoms with Gasteiger partial charge >= 0.3 is 0 Å². The largest absolute Gasteiger partial charge is 0.324 e. The second kappa shape index (κ2) is 4.17. The average Bonchev–Trinajstić information content (AvgIpc) is 2.01. The minimum Gasteiger partial charge on any atom is -0.324 e. The van der Waals surface area contributed by atoms with Gasteiger partial charge < -0.3 is 16.4 Å². The van der Waals surface area contributed by atoms with Gasteiger partial charge in [-0.2, -0.15) is 0 Å². The van der Waals surface area contributed by atoms with Crippen LogP contribution in [0.4, 0.5) is 0 Å². The molecule has 1 aliphatic heterocycles. The van der Waals surface area contributed by atoms with Crippen LogP contribution < -0.4 is 16.4 Å². The van der Waals surface area contributed by atoms with Crippen molar-refractivity contribution in [3.8, 4) is 0 Å². The first-order chi connectivity index (χ1) is 6.31. The zero-order valence-corrected chi connectivity index (χ0v) is 9.98. The summed E-state index contributed by atoms with van der Waals surface area (Å²) >= 11 is 0. The maximum atomic E-state index is 6.24. The van der Waals surface area contributed by atoms with Gasteiger partial charge in [-0.3, -0.25) is 0 Å². The van der Waals surface area contributed by atoms with Crippen LogP contribution in [-0.2, 0) is 0 Å². The summed E-state index contributed by atoms with van der Waals surface area (Å²) in [5.41, 5.74) is 6.27. The SMILES string of the molecule is CC1CNCC(C)(N)CC(C)(C)NC1. The second-order valence-electron chi connectivity index (χ2n) is 5.83. The van der Waals surface area contributed by atoms with Gasteiger partial charge in [-0.05, 0) is 46.2 Å². The van der Waals surface area contributed by atoms with Crippen LogP contribution in [0, 0.1) is 5.92 Å². The minimum absolute atomic E-state index is 0.111. The van der Waals surface area contributed by atoms with Gasteiger partial charge in [-0.25, -0.2) is 0 Å². The zero-order chi connectivity index (χ0) is 10.8. The monoisotopic (exact) mass is 199 g/mol. The third-order valence-electron chi connectivity index (χ3n) is 2.80. The lowest BCUT2D eigenvalue weighted by molar-refractivity contribution is 0.279. The Bertz CT molecular complexity index is 187. The van der Waals surface area contributed by atoms with Gasteiger partial charge in [-0.1, -0.05) is 6.92 Å². The molecule has 84 valence electrons. The molecule has 0 aliphatic carbocycles. The first-order valence-corrected chi connectivity index (χ1v) is 5.55. The average molecular weight is 199 g/mol. The number of rotatable bonds is 0. The summed E-state index contributed by atoms with van der Waals surface area (Å²) in [4.78, 5) is 0. The molecule has 1 rings (SSSR count). The number of nitrogens with one attached hydrogen (secondary N) is 2. The van der Waals surface area contributed by atoms with Crippen LogP contribution in [0.5, 0.6) is 0 Å². The summed E-state index contributed by atoms with van der Waals surface area (Å²) in [5, 5.41) is 7.03. The molecule has 3 nitrogen and oxygen atoms in total. The van der Waals surface area contributed by atoms with Crippen molar-refractivity contribution in [2.45, 2.75) is 45.2 Å². The molecule has 0 aromatic heterocycles. The summed E-state index contributed by atoms with van der Waals surface area (Å²) in [7, 11) is 0. The molecule has 0 radical (unpaired) electrons. The second-order valence-corrected chi connectivity index (χ2v) is 5.83. The molecule has 0 aromatic carbocycles. The topological polar surface area (TPSA) is 50.1 Å². The Kier molecular flexibility index (Phi) is 3.56. The molecule has 0 aromatic rings. The molecule has 1 aliphatic rings. The van der Waals surface area contributed by atoms with E-state index in [1.807, 2.05) is 0 Å². The quantitative estimate of drug-likeness (QED) is 0.538. The van der Waals surface area contributed by atoms with Crippen LogP contribution in [0.1, 0.15) is 34.1 Å². The standard InChI is InChI=1S/C11H25N3/c1-9-5-13-8-11(4,12)7-10(2,3)14-6-9/h9,13-14H,5-8,12H2,1-4H3. The first kappa shape index (κ1) is 12.0. The Labute approximate surface area is 87.8 Å². The van der Waals surface area contributed by atoms with Crippen LogP contribution in [0.15, 0.2) is 0 Å². The van der Waals surface area contributed by atoms with Crippen molar-refractivity contribution < 1.29 is 0 Å². The van der Waals surface area contributed by atoms with Gasteiger partial charge in [0.1, 0.15) is 0 Å². The predicted molar refractivity (Wildman–Crippen MR) is 61.3 cm³/mol. The van der Waals surface area contributed by atoms with Crippen molar-refractivity contribution in [2.75, 3.05) is 19.6 Å². The van der Waals surface area contributed by atoms with Crippen molar-refractivity contribution in [1.82, 2.24) is 10.6 Å². The van der Waals surface area contributed by atoms with Crippen LogP contribution in [0.3, 0.4) is 0 Å². The Balaban J connectivity index is 2.65. The molecular weight excluding hydrogens is 174 g/mol. The van der Waals surface area contributed by atoms with Gasteiger partial charge in [0.2, 0.25) is 0 Å². The normalized spacial score (nSPS) is 39.6. The Hall–Kier alpha value is -0.120. The van der Waals surface area contributed by atoms with Gasteiger partial charge in [-0.15, -0.1) is 0 Å². The fraction of sp³-hybridized carbons (Fsp3) is 1.00. The molecule has 14 heavy (non-hydrogen) atoms. The predicted octanol–water partition coefficient (Wildman–Crippen LogP) is 0.701. The van der Waals surface area contributed by atoms with Crippen molar-refractivity contribution in [1.29, 1.82) is 0 Å². The highest BCUT2D eigenvalue weighted by Gasteiger charge is 2.30. The van der Waals surface area contributed by atoms with E-state index in [4.69, 9.17) is 5.73 Å². The van der Waals surface area contributed by atoms with Crippen molar-refractivity contribution in [3.63, 3.8) is 0 Å². The lowest BCUT2D eigenvalue weighted by Crippen LogP contribution is -2.53. The first-order valence-electron chi connectivity index (χ1n) is 5.55. The van der Waals surface area contributed by atoms with Gasteiger partial charge in [0.25, 0.3) is 0 Å². The minimum atomic E-state index is -0.111. The summed E-state index contributed by atoms with van der Waals surface area (Å²) in [6, 6.07) is 0. The molecule has 2 atom stereocenters. The van der Waals surface area contributed by atoms with Crippen LogP contribution in [0.2, 0.25) is 0 Å². The van der Waals surface area contributed by atoms with E-state index in [1.54, 1.807) is 0 Å². The van der Waals surface area contributed by atoms with E-state index in [1.165, 1.54) is 0 Å². The van der Waals surface area contributed by atoms with E-state index >= 15 is 0 Å². The molecule has 0 spiro atoms. The van der Waals surface area contributed by atoms with E-state index in [2.05, 4.69) is 38.3 Å².